The van der Waals surface area contributed by atoms with Crippen molar-refractivity contribution in [1.82, 2.24) is 10.2 Å². The summed E-state index contributed by atoms with van der Waals surface area (Å²) in [4.78, 5) is 28.7. The van der Waals surface area contributed by atoms with Crippen LogP contribution in [0.4, 0.5) is 5.69 Å². The van der Waals surface area contributed by atoms with E-state index in [2.05, 4.69) is 21.2 Å². The second-order valence-corrected chi connectivity index (χ2v) is 12.7. The van der Waals surface area contributed by atoms with E-state index in [1.54, 1.807) is 54.6 Å². The van der Waals surface area contributed by atoms with Crippen molar-refractivity contribution in [1.29, 1.82) is 0 Å². The van der Waals surface area contributed by atoms with E-state index in [-0.39, 0.29) is 17.3 Å². The van der Waals surface area contributed by atoms with Gasteiger partial charge in [-0.25, -0.2) is 8.42 Å². The normalized spacial score (nSPS) is 12.0. The molecule has 8 nitrogen and oxygen atoms in total. The molecule has 2 amide bonds. The number of aryl methyl sites for hydroxylation is 1. The van der Waals surface area contributed by atoms with Crippen molar-refractivity contribution in [2.75, 3.05) is 24.5 Å². The lowest BCUT2D eigenvalue weighted by Crippen LogP contribution is -2.52. The highest BCUT2D eigenvalue weighted by Gasteiger charge is 2.33. The van der Waals surface area contributed by atoms with E-state index in [1.165, 1.54) is 24.1 Å². The number of carbonyl (C=O) groups is 2. The molecule has 0 aliphatic rings. The van der Waals surface area contributed by atoms with Crippen LogP contribution in [-0.2, 0) is 26.2 Å². The molecule has 0 aliphatic carbocycles. The van der Waals surface area contributed by atoms with Gasteiger partial charge in [0.15, 0.2) is 0 Å². The standard InChI is InChI=1S/C30H35BrClN3O5S/c1-5-17-33-30(37)27(6-2)34(19-22-9-11-23(32)12-10-22)29(36)20-35(24-13-7-21(3)8-14-24)41(38,39)25-15-16-28(40-4)26(31)18-25/h7-16,18,27H,5-6,17,19-20H2,1-4H3,(H,33,37)/t27-/m0/s1. The summed E-state index contributed by atoms with van der Waals surface area (Å²) in [6.07, 6.45) is 1.09. The highest BCUT2D eigenvalue weighted by atomic mass is 79.9. The number of rotatable bonds is 13. The van der Waals surface area contributed by atoms with Crippen LogP contribution in [0.1, 0.15) is 37.8 Å². The summed E-state index contributed by atoms with van der Waals surface area (Å²) in [6.45, 7) is 5.71. The first-order valence-corrected chi connectivity index (χ1v) is 15.9. The third-order valence-corrected chi connectivity index (χ3v) is 9.15. The van der Waals surface area contributed by atoms with Crippen LogP contribution in [0.2, 0.25) is 5.02 Å². The molecule has 0 fully saturated rings. The van der Waals surface area contributed by atoms with E-state index in [4.69, 9.17) is 16.3 Å². The van der Waals surface area contributed by atoms with Crippen LogP contribution in [0.25, 0.3) is 0 Å². The molecule has 0 aliphatic heterocycles. The minimum absolute atomic E-state index is 0.0180. The molecule has 0 radical (unpaired) electrons. The van der Waals surface area contributed by atoms with E-state index in [9.17, 15) is 18.0 Å². The van der Waals surface area contributed by atoms with Gasteiger partial charge in [-0.3, -0.25) is 13.9 Å². The smallest absolute Gasteiger partial charge is 0.264 e. The van der Waals surface area contributed by atoms with Gasteiger partial charge in [0.1, 0.15) is 18.3 Å². The number of hydrogen-bond donors (Lipinski definition) is 1. The Hall–Kier alpha value is -3.08. The van der Waals surface area contributed by atoms with Gasteiger partial charge in [0.2, 0.25) is 11.8 Å². The number of methoxy groups -OCH3 is 1. The number of benzene rings is 3. The van der Waals surface area contributed by atoms with Crippen LogP contribution in [-0.4, -0.2) is 51.4 Å². The number of anilines is 1. The number of sulfonamides is 1. The van der Waals surface area contributed by atoms with Crippen molar-refractivity contribution in [2.24, 2.45) is 0 Å². The first-order valence-electron chi connectivity index (χ1n) is 13.3. The molecule has 3 aromatic rings. The maximum atomic E-state index is 14.1. The van der Waals surface area contributed by atoms with Crippen LogP contribution >= 0.6 is 27.5 Å². The van der Waals surface area contributed by atoms with Crippen LogP contribution in [0.5, 0.6) is 5.75 Å². The Morgan fingerprint density at radius 1 is 1.02 bits per heavy atom. The molecule has 0 spiro atoms. The fourth-order valence-corrected chi connectivity index (χ4v) is 6.51. The van der Waals surface area contributed by atoms with Gasteiger partial charge in [0.05, 0.1) is 22.2 Å². The Labute approximate surface area is 255 Å². The maximum absolute atomic E-state index is 14.1. The number of carbonyl (C=O) groups excluding carboxylic acids is 2. The molecule has 0 unspecified atom stereocenters. The van der Waals surface area contributed by atoms with Gasteiger partial charge < -0.3 is 15.0 Å². The Bertz CT molecular complexity index is 1450. The van der Waals surface area contributed by atoms with Gasteiger partial charge in [-0.15, -0.1) is 0 Å². The minimum Gasteiger partial charge on any atom is -0.496 e. The molecule has 1 N–H and O–H groups in total. The van der Waals surface area contributed by atoms with Crippen LogP contribution in [0.3, 0.4) is 0 Å². The molecule has 41 heavy (non-hydrogen) atoms. The predicted molar refractivity (Wildman–Crippen MR) is 166 cm³/mol. The van der Waals surface area contributed by atoms with Gasteiger partial charge in [-0.2, -0.15) is 0 Å². The summed E-state index contributed by atoms with van der Waals surface area (Å²) < 4.78 is 34.9. The van der Waals surface area contributed by atoms with Crippen molar-refractivity contribution >= 4 is 55.1 Å². The largest absolute Gasteiger partial charge is 0.496 e. The first-order chi connectivity index (χ1) is 19.5. The molecule has 11 heteroatoms. The molecule has 0 bridgehead atoms. The maximum Gasteiger partial charge on any atom is 0.264 e. The molecule has 3 rings (SSSR count). The van der Waals surface area contributed by atoms with Gasteiger partial charge >= 0.3 is 0 Å². The lowest BCUT2D eigenvalue weighted by molar-refractivity contribution is -0.140. The van der Waals surface area contributed by atoms with Crippen molar-refractivity contribution in [3.8, 4) is 5.75 Å². The number of amides is 2. The highest BCUT2D eigenvalue weighted by molar-refractivity contribution is 9.10. The monoisotopic (exact) mass is 663 g/mol. The topological polar surface area (TPSA) is 96.0 Å². The molecule has 220 valence electrons. The second-order valence-electron chi connectivity index (χ2n) is 9.51. The molecule has 0 saturated carbocycles. The van der Waals surface area contributed by atoms with E-state index >= 15 is 0 Å². The third-order valence-electron chi connectivity index (χ3n) is 6.51. The summed E-state index contributed by atoms with van der Waals surface area (Å²) in [5.41, 5.74) is 2.02. The molecule has 3 aromatic carbocycles. The fourth-order valence-electron chi connectivity index (χ4n) is 4.25. The molecular weight excluding hydrogens is 630 g/mol. The van der Waals surface area contributed by atoms with Crippen molar-refractivity contribution < 1.29 is 22.7 Å². The quantitative estimate of drug-likeness (QED) is 0.244. The summed E-state index contributed by atoms with van der Waals surface area (Å²) >= 11 is 9.42. The predicted octanol–water partition coefficient (Wildman–Crippen LogP) is 5.95. The molecule has 0 saturated heterocycles. The zero-order chi connectivity index (χ0) is 30.2. The number of ether oxygens (including phenoxy) is 1. The minimum atomic E-state index is -4.21. The van der Waals surface area contributed by atoms with Crippen LogP contribution < -0.4 is 14.4 Å². The molecule has 0 aromatic heterocycles. The summed E-state index contributed by atoms with van der Waals surface area (Å²) in [7, 11) is -2.72. The molecular formula is C30H35BrClN3O5S. The second kappa shape index (κ2) is 14.7. The van der Waals surface area contributed by atoms with E-state index in [0.717, 1.165) is 21.9 Å². The highest BCUT2D eigenvalue weighted by Crippen LogP contribution is 2.31. The van der Waals surface area contributed by atoms with Crippen LogP contribution in [0.15, 0.2) is 76.1 Å². The fraction of sp³-hybridized carbons (Fsp3) is 0.333. The number of nitrogens with one attached hydrogen (secondary N) is 1. The lowest BCUT2D eigenvalue weighted by Gasteiger charge is -2.33. The van der Waals surface area contributed by atoms with Crippen molar-refractivity contribution in [3.05, 3.63) is 87.4 Å². The zero-order valence-corrected chi connectivity index (χ0v) is 26.7. The average molecular weight is 665 g/mol. The average Bonchev–Trinajstić information content (AvgIpc) is 2.96. The number of halogens is 2. The van der Waals surface area contributed by atoms with E-state index < -0.39 is 28.5 Å². The molecule has 0 heterocycles. The number of hydrogen-bond acceptors (Lipinski definition) is 5. The van der Waals surface area contributed by atoms with E-state index in [1.807, 2.05) is 20.8 Å². The van der Waals surface area contributed by atoms with E-state index in [0.29, 0.717) is 33.9 Å². The summed E-state index contributed by atoms with van der Waals surface area (Å²) in [5.74, 6) is -0.337. The Balaban J connectivity index is 2.06. The van der Waals surface area contributed by atoms with Crippen molar-refractivity contribution in [2.45, 2.75) is 51.1 Å². The summed E-state index contributed by atoms with van der Waals surface area (Å²) in [6, 6.07) is 17.5. The Kier molecular flexibility index (Phi) is 11.6. The Morgan fingerprint density at radius 2 is 1.68 bits per heavy atom. The first kappa shape index (κ1) is 32.4. The number of nitrogens with zero attached hydrogens (tertiary/aromatic N) is 2. The summed E-state index contributed by atoms with van der Waals surface area (Å²) in [5, 5.41) is 3.42. The van der Waals surface area contributed by atoms with Gasteiger partial charge in [0, 0.05) is 18.1 Å². The SMILES string of the molecule is CCCNC(=O)[C@H](CC)N(Cc1ccc(Cl)cc1)C(=O)CN(c1ccc(C)cc1)S(=O)(=O)c1ccc(OC)c(Br)c1. The van der Waals surface area contributed by atoms with Crippen molar-refractivity contribution in [3.63, 3.8) is 0 Å². The zero-order valence-electron chi connectivity index (χ0n) is 23.6. The third kappa shape index (κ3) is 8.24. The lowest BCUT2D eigenvalue weighted by atomic mass is 10.1. The Morgan fingerprint density at radius 3 is 2.24 bits per heavy atom. The van der Waals surface area contributed by atoms with Gasteiger partial charge in [0.25, 0.3) is 10.0 Å². The van der Waals surface area contributed by atoms with Gasteiger partial charge in [-0.1, -0.05) is 55.3 Å². The van der Waals surface area contributed by atoms with Crippen LogP contribution in [0, 0.1) is 6.92 Å². The van der Waals surface area contributed by atoms with Gasteiger partial charge in [-0.05, 0) is 83.7 Å². The molecule has 1 atom stereocenters.